The highest BCUT2D eigenvalue weighted by atomic mass is 16.5. The quantitative estimate of drug-likeness (QED) is 0.541. The molecule has 166 valence electrons. The highest BCUT2D eigenvalue weighted by Crippen LogP contribution is 2.41. The number of methoxy groups -OCH3 is 1. The Morgan fingerprint density at radius 1 is 1.16 bits per heavy atom. The molecule has 6 nitrogen and oxygen atoms in total. The summed E-state index contributed by atoms with van der Waals surface area (Å²) in [6.07, 6.45) is 1.39. The fourth-order valence-electron chi connectivity index (χ4n) is 4.41. The van der Waals surface area contributed by atoms with Crippen molar-refractivity contribution in [3.63, 3.8) is 0 Å². The number of nitrogen functional groups attached to an aromatic ring is 1. The molecule has 1 heterocycles. The van der Waals surface area contributed by atoms with Crippen LogP contribution in [0.25, 0.3) is 0 Å². The second kappa shape index (κ2) is 8.91. The lowest BCUT2D eigenvalue weighted by molar-refractivity contribution is -0.140. The number of benzene rings is 2. The van der Waals surface area contributed by atoms with E-state index in [2.05, 4.69) is 5.32 Å². The Bertz CT molecular complexity index is 1150. The fraction of sp³-hybridized carbons (Fsp3) is 0.308. The van der Waals surface area contributed by atoms with Crippen molar-refractivity contribution in [3.05, 3.63) is 81.7 Å². The van der Waals surface area contributed by atoms with Gasteiger partial charge in [-0.15, -0.1) is 0 Å². The van der Waals surface area contributed by atoms with Crippen LogP contribution in [0.4, 0.5) is 5.69 Å². The van der Waals surface area contributed by atoms with Gasteiger partial charge in [-0.05, 0) is 49.1 Å². The van der Waals surface area contributed by atoms with Crippen LogP contribution in [0.1, 0.15) is 48.8 Å². The molecule has 1 atom stereocenters. The predicted octanol–water partition coefficient (Wildman–Crippen LogP) is 4.30. The lowest BCUT2D eigenvalue weighted by Gasteiger charge is -2.32. The van der Waals surface area contributed by atoms with Crippen molar-refractivity contribution in [3.8, 4) is 5.75 Å². The number of allylic oxidation sites excluding steroid dienone is 3. The molecule has 2 aliphatic rings. The van der Waals surface area contributed by atoms with E-state index in [4.69, 9.17) is 15.2 Å². The Kier molecular flexibility index (Phi) is 6.04. The first-order valence-electron chi connectivity index (χ1n) is 10.7. The minimum absolute atomic E-state index is 0.0416. The molecule has 3 N–H and O–H groups in total. The molecule has 1 aliphatic carbocycles. The van der Waals surface area contributed by atoms with Gasteiger partial charge in [0.1, 0.15) is 12.4 Å². The zero-order chi connectivity index (χ0) is 22.8. The van der Waals surface area contributed by atoms with Crippen LogP contribution in [0.15, 0.2) is 65.0 Å². The summed E-state index contributed by atoms with van der Waals surface area (Å²) in [4.78, 5) is 25.8. The van der Waals surface area contributed by atoms with Gasteiger partial charge < -0.3 is 20.5 Å². The van der Waals surface area contributed by atoms with E-state index in [1.807, 2.05) is 50.2 Å². The second-order valence-corrected chi connectivity index (χ2v) is 8.40. The molecule has 0 saturated heterocycles. The van der Waals surface area contributed by atoms with Crippen LogP contribution >= 0.6 is 0 Å². The monoisotopic (exact) mass is 432 g/mol. The number of Topliss-reactive ketones (excluding diaryl/α,β-unsaturated/α-hetero) is 1. The smallest absolute Gasteiger partial charge is 0.336 e. The number of hydrogen-bond donors (Lipinski definition) is 2. The number of esters is 1. The average molecular weight is 433 g/mol. The first kappa shape index (κ1) is 21.7. The third-order valence-corrected chi connectivity index (χ3v) is 6.26. The van der Waals surface area contributed by atoms with Crippen molar-refractivity contribution in [2.45, 2.75) is 45.6 Å². The van der Waals surface area contributed by atoms with Gasteiger partial charge in [-0.2, -0.15) is 0 Å². The topological polar surface area (TPSA) is 90.6 Å². The molecule has 1 aliphatic heterocycles. The average Bonchev–Trinajstić information content (AvgIpc) is 2.79. The van der Waals surface area contributed by atoms with Crippen LogP contribution in [-0.2, 0) is 20.9 Å². The number of para-hydroxylation sites is 1. The number of carbonyl (C=O) groups is 2. The normalized spacial score (nSPS) is 18.2. The molecule has 4 rings (SSSR count). The van der Waals surface area contributed by atoms with Crippen LogP contribution in [0.5, 0.6) is 5.75 Å². The van der Waals surface area contributed by atoms with Gasteiger partial charge >= 0.3 is 5.97 Å². The number of aryl methyl sites for hydroxylation is 1. The van der Waals surface area contributed by atoms with Gasteiger partial charge in [0.15, 0.2) is 5.78 Å². The SMILES string of the molecule is COc1ccccc1[C@H]1CC(=O)C2=C(C1)NC(C)=C(C(=O)OCc1ccc(N)c(C)c1)C2. The Hall–Kier alpha value is -3.54. The van der Waals surface area contributed by atoms with Crippen molar-refractivity contribution in [1.29, 1.82) is 0 Å². The van der Waals surface area contributed by atoms with Gasteiger partial charge in [0.05, 0.1) is 12.7 Å². The molecule has 0 aromatic heterocycles. The maximum atomic E-state index is 13.0. The lowest BCUT2D eigenvalue weighted by Crippen LogP contribution is -2.31. The largest absolute Gasteiger partial charge is 0.496 e. The third kappa shape index (κ3) is 4.26. The molecule has 2 aromatic rings. The molecule has 2 aromatic carbocycles. The predicted molar refractivity (Wildman–Crippen MR) is 123 cm³/mol. The summed E-state index contributed by atoms with van der Waals surface area (Å²) < 4.78 is 11.0. The van der Waals surface area contributed by atoms with E-state index in [0.717, 1.165) is 33.8 Å². The Morgan fingerprint density at radius 2 is 1.94 bits per heavy atom. The van der Waals surface area contributed by atoms with E-state index >= 15 is 0 Å². The Balaban J connectivity index is 1.47. The van der Waals surface area contributed by atoms with Crippen LogP contribution in [0, 0.1) is 6.92 Å². The van der Waals surface area contributed by atoms with Crippen molar-refractivity contribution < 1.29 is 19.1 Å². The van der Waals surface area contributed by atoms with Crippen molar-refractivity contribution in [1.82, 2.24) is 5.32 Å². The van der Waals surface area contributed by atoms with E-state index in [0.29, 0.717) is 36.1 Å². The zero-order valence-corrected chi connectivity index (χ0v) is 18.7. The third-order valence-electron chi connectivity index (χ3n) is 6.26. The van der Waals surface area contributed by atoms with Crippen molar-refractivity contribution in [2.24, 2.45) is 0 Å². The minimum atomic E-state index is -0.407. The van der Waals surface area contributed by atoms with Gasteiger partial charge in [-0.25, -0.2) is 4.79 Å². The Labute approximate surface area is 188 Å². The van der Waals surface area contributed by atoms with Gasteiger partial charge in [-0.3, -0.25) is 4.79 Å². The minimum Gasteiger partial charge on any atom is -0.496 e. The standard InChI is InChI=1S/C26H28N2O4/c1-15-10-17(8-9-22(15)27)14-32-26(30)20-13-21-23(28-16(20)2)11-18(12-24(21)29)19-6-4-5-7-25(19)31-3/h4-10,18,28H,11-14,27H2,1-3H3/t18-/m1/s1. The molecular weight excluding hydrogens is 404 g/mol. The molecule has 0 amide bonds. The summed E-state index contributed by atoms with van der Waals surface area (Å²) in [6.45, 7) is 3.93. The first-order chi connectivity index (χ1) is 15.4. The maximum Gasteiger partial charge on any atom is 0.336 e. The molecule has 0 unspecified atom stereocenters. The number of ketones is 1. The number of carbonyl (C=O) groups excluding carboxylic acids is 2. The van der Waals surface area contributed by atoms with Crippen LogP contribution in [0.2, 0.25) is 0 Å². The van der Waals surface area contributed by atoms with E-state index in [1.165, 1.54) is 0 Å². The van der Waals surface area contributed by atoms with E-state index < -0.39 is 5.97 Å². The highest BCUT2D eigenvalue weighted by Gasteiger charge is 2.34. The number of dihydropyridines is 1. The fourth-order valence-corrected chi connectivity index (χ4v) is 4.41. The summed E-state index contributed by atoms with van der Waals surface area (Å²) in [7, 11) is 1.64. The van der Waals surface area contributed by atoms with E-state index in [1.54, 1.807) is 13.2 Å². The van der Waals surface area contributed by atoms with Crippen molar-refractivity contribution >= 4 is 17.4 Å². The van der Waals surface area contributed by atoms with Crippen molar-refractivity contribution in [2.75, 3.05) is 12.8 Å². The summed E-state index contributed by atoms with van der Waals surface area (Å²) in [6, 6.07) is 13.4. The number of nitrogens with one attached hydrogen (secondary N) is 1. The second-order valence-electron chi connectivity index (χ2n) is 8.40. The van der Waals surface area contributed by atoms with Crippen LogP contribution in [0.3, 0.4) is 0 Å². The molecular formula is C26H28N2O4. The lowest BCUT2D eigenvalue weighted by atomic mass is 9.78. The molecule has 0 spiro atoms. The molecule has 0 fully saturated rings. The van der Waals surface area contributed by atoms with Crippen LogP contribution in [-0.4, -0.2) is 18.9 Å². The molecule has 32 heavy (non-hydrogen) atoms. The number of hydrogen-bond acceptors (Lipinski definition) is 6. The zero-order valence-electron chi connectivity index (χ0n) is 18.7. The number of nitrogens with two attached hydrogens (primary N) is 1. The van der Waals surface area contributed by atoms with Gasteiger partial charge in [0.25, 0.3) is 0 Å². The van der Waals surface area contributed by atoms with Gasteiger partial charge in [0.2, 0.25) is 0 Å². The molecule has 0 bridgehead atoms. The van der Waals surface area contributed by atoms with Crippen LogP contribution < -0.4 is 15.8 Å². The number of rotatable bonds is 5. The maximum absolute atomic E-state index is 13.0. The molecule has 6 heteroatoms. The highest BCUT2D eigenvalue weighted by molar-refractivity contribution is 6.01. The summed E-state index contributed by atoms with van der Waals surface area (Å²) in [5.41, 5.74) is 12.2. The van der Waals surface area contributed by atoms with Gasteiger partial charge in [-0.1, -0.05) is 30.3 Å². The summed E-state index contributed by atoms with van der Waals surface area (Å²) >= 11 is 0. The first-order valence-corrected chi connectivity index (χ1v) is 10.7. The molecule has 0 saturated carbocycles. The number of anilines is 1. The summed E-state index contributed by atoms with van der Waals surface area (Å²) in [5.74, 6) is 0.483. The molecule has 0 radical (unpaired) electrons. The summed E-state index contributed by atoms with van der Waals surface area (Å²) in [5, 5.41) is 3.31. The van der Waals surface area contributed by atoms with E-state index in [9.17, 15) is 9.59 Å². The Morgan fingerprint density at radius 3 is 2.69 bits per heavy atom. The number of ether oxygens (including phenoxy) is 2. The van der Waals surface area contributed by atoms with Gasteiger partial charge in [0, 0.05) is 41.4 Å². The van der Waals surface area contributed by atoms with E-state index in [-0.39, 0.29) is 18.3 Å².